The first-order chi connectivity index (χ1) is 12.5. The van der Waals surface area contributed by atoms with Crippen LogP contribution in [-0.2, 0) is 7.05 Å². The molecule has 1 amide bonds. The fourth-order valence-corrected chi connectivity index (χ4v) is 3.55. The summed E-state index contributed by atoms with van der Waals surface area (Å²) in [7, 11) is 3.54. The van der Waals surface area contributed by atoms with Gasteiger partial charge in [0.2, 0.25) is 0 Å². The molecule has 1 aliphatic carbocycles. The van der Waals surface area contributed by atoms with Crippen LogP contribution in [0.5, 0.6) is 5.75 Å². The maximum absolute atomic E-state index is 12.9. The number of anilines is 1. The van der Waals surface area contributed by atoms with Gasteiger partial charge >= 0.3 is 0 Å². The number of amides is 1. The largest absolute Gasteiger partial charge is 0.497 e. The van der Waals surface area contributed by atoms with E-state index in [1.165, 1.54) is 12.8 Å². The summed E-state index contributed by atoms with van der Waals surface area (Å²) >= 11 is 0. The molecule has 0 bridgehead atoms. The maximum Gasteiger partial charge on any atom is 0.273 e. The lowest BCUT2D eigenvalue weighted by atomic mass is 10.2. The van der Waals surface area contributed by atoms with Crippen LogP contribution in [0, 0.1) is 12.8 Å². The first kappa shape index (κ1) is 16.7. The number of hydrogen-bond donors (Lipinski definition) is 1. The zero-order chi connectivity index (χ0) is 18.4. The standard InChI is InChI=1S/C20H24N4O2/c1-12-9-19(24(22-12)13(2)14-5-6-14)21-20(25)18-11-15-10-16(26-4)7-8-17(15)23(18)3/h7-11,13-14H,5-6H2,1-4H3,(H,21,25). The van der Waals surface area contributed by atoms with Crippen molar-refractivity contribution in [3.8, 4) is 5.75 Å². The summed E-state index contributed by atoms with van der Waals surface area (Å²) in [6.07, 6.45) is 2.47. The molecule has 136 valence electrons. The lowest BCUT2D eigenvalue weighted by Crippen LogP contribution is -2.20. The van der Waals surface area contributed by atoms with Crippen LogP contribution >= 0.6 is 0 Å². The molecule has 1 saturated carbocycles. The molecule has 26 heavy (non-hydrogen) atoms. The van der Waals surface area contributed by atoms with E-state index in [0.29, 0.717) is 17.7 Å². The van der Waals surface area contributed by atoms with Gasteiger partial charge < -0.3 is 14.6 Å². The van der Waals surface area contributed by atoms with Crippen LogP contribution in [0.3, 0.4) is 0 Å². The molecule has 2 aromatic heterocycles. The summed E-state index contributed by atoms with van der Waals surface area (Å²) in [6, 6.07) is 9.94. The number of aryl methyl sites for hydroxylation is 2. The topological polar surface area (TPSA) is 61.1 Å². The van der Waals surface area contributed by atoms with Crippen LogP contribution in [0.1, 0.15) is 42.0 Å². The molecule has 6 nitrogen and oxygen atoms in total. The van der Waals surface area contributed by atoms with Crippen molar-refractivity contribution >= 4 is 22.6 Å². The Morgan fingerprint density at radius 2 is 2.08 bits per heavy atom. The Bertz CT molecular complexity index is 981. The average Bonchev–Trinajstić information content (AvgIpc) is 3.34. The van der Waals surface area contributed by atoms with E-state index in [1.807, 2.05) is 53.6 Å². The minimum absolute atomic E-state index is 0.133. The van der Waals surface area contributed by atoms with Gasteiger partial charge in [0.1, 0.15) is 17.3 Å². The third-order valence-corrected chi connectivity index (χ3v) is 5.27. The summed E-state index contributed by atoms with van der Waals surface area (Å²) in [5, 5.41) is 8.62. The second-order valence-corrected chi connectivity index (χ2v) is 7.16. The number of carbonyl (C=O) groups is 1. The van der Waals surface area contributed by atoms with Gasteiger partial charge in [-0.25, -0.2) is 4.68 Å². The minimum Gasteiger partial charge on any atom is -0.497 e. The predicted octanol–water partition coefficient (Wildman–Crippen LogP) is 3.92. The van der Waals surface area contributed by atoms with Crippen molar-refractivity contribution < 1.29 is 9.53 Å². The van der Waals surface area contributed by atoms with Gasteiger partial charge in [0.15, 0.2) is 0 Å². The molecular weight excluding hydrogens is 328 g/mol. The Balaban J connectivity index is 1.65. The van der Waals surface area contributed by atoms with Crippen molar-refractivity contribution in [1.29, 1.82) is 0 Å². The number of nitrogens with one attached hydrogen (secondary N) is 1. The van der Waals surface area contributed by atoms with Crippen LogP contribution in [0.2, 0.25) is 0 Å². The van der Waals surface area contributed by atoms with E-state index < -0.39 is 0 Å². The number of hydrogen-bond acceptors (Lipinski definition) is 3. The molecular formula is C20H24N4O2. The number of carbonyl (C=O) groups excluding carboxylic acids is 1. The third-order valence-electron chi connectivity index (χ3n) is 5.27. The van der Waals surface area contributed by atoms with E-state index in [0.717, 1.165) is 28.2 Å². The molecule has 0 radical (unpaired) electrons. The summed E-state index contributed by atoms with van der Waals surface area (Å²) in [6.45, 7) is 4.12. The van der Waals surface area contributed by atoms with Gasteiger partial charge in [-0.3, -0.25) is 4.79 Å². The molecule has 2 heterocycles. The molecule has 0 spiro atoms. The van der Waals surface area contributed by atoms with Crippen LogP contribution in [0.15, 0.2) is 30.3 Å². The van der Waals surface area contributed by atoms with Crippen LogP contribution in [-0.4, -0.2) is 27.4 Å². The van der Waals surface area contributed by atoms with E-state index in [-0.39, 0.29) is 5.91 Å². The minimum atomic E-state index is -0.133. The number of ether oxygens (including phenoxy) is 1. The molecule has 0 saturated heterocycles. The number of aromatic nitrogens is 3. The number of methoxy groups -OCH3 is 1. The monoisotopic (exact) mass is 352 g/mol. The fraction of sp³-hybridized carbons (Fsp3) is 0.400. The van der Waals surface area contributed by atoms with Crippen molar-refractivity contribution in [1.82, 2.24) is 14.3 Å². The van der Waals surface area contributed by atoms with Gasteiger partial charge in [0.05, 0.1) is 18.8 Å². The molecule has 1 N–H and O–H groups in total. The predicted molar refractivity (Wildman–Crippen MR) is 102 cm³/mol. The fourth-order valence-electron chi connectivity index (χ4n) is 3.55. The van der Waals surface area contributed by atoms with Gasteiger partial charge in [0, 0.05) is 24.0 Å². The number of nitrogens with zero attached hydrogens (tertiary/aromatic N) is 3. The second kappa shape index (κ2) is 6.20. The Hall–Kier alpha value is -2.76. The first-order valence-corrected chi connectivity index (χ1v) is 8.99. The molecule has 1 aliphatic rings. The Morgan fingerprint density at radius 3 is 2.77 bits per heavy atom. The van der Waals surface area contributed by atoms with Gasteiger partial charge in [-0.05, 0) is 56.9 Å². The van der Waals surface area contributed by atoms with E-state index in [2.05, 4.69) is 17.3 Å². The van der Waals surface area contributed by atoms with Gasteiger partial charge in [-0.15, -0.1) is 0 Å². The molecule has 6 heteroatoms. The Labute approximate surface area is 152 Å². The highest BCUT2D eigenvalue weighted by Crippen LogP contribution is 2.40. The third kappa shape index (κ3) is 2.85. The highest BCUT2D eigenvalue weighted by Gasteiger charge is 2.31. The maximum atomic E-state index is 12.9. The lowest BCUT2D eigenvalue weighted by Gasteiger charge is -2.15. The molecule has 1 unspecified atom stereocenters. The summed E-state index contributed by atoms with van der Waals surface area (Å²) in [5.74, 6) is 2.07. The van der Waals surface area contributed by atoms with Crippen molar-refractivity contribution in [3.05, 3.63) is 41.7 Å². The van der Waals surface area contributed by atoms with E-state index in [4.69, 9.17) is 4.74 Å². The lowest BCUT2D eigenvalue weighted by molar-refractivity contribution is 0.101. The van der Waals surface area contributed by atoms with E-state index in [1.54, 1.807) is 7.11 Å². The van der Waals surface area contributed by atoms with Crippen LogP contribution in [0.25, 0.3) is 10.9 Å². The summed E-state index contributed by atoms with van der Waals surface area (Å²) < 4.78 is 9.14. The highest BCUT2D eigenvalue weighted by molar-refractivity contribution is 6.06. The van der Waals surface area contributed by atoms with Crippen molar-refractivity contribution in [2.75, 3.05) is 12.4 Å². The molecule has 4 rings (SSSR count). The summed E-state index contributed by atoms with van der Waals surface area (Å²) in [4.78, 5) is 12.9. The number of fused-ring (bicyclic) bond motifs is 1. The van der Waals surface area contributed by atoms with Crippen LogP contribution < -0.4 is 10.1 Å². The number of rotatable bonds is 5. The van der Waals surface area contributed by atoms with E-state index >= 15 is 0 Å². The van der Waals surface area contributed by atoms with Crippen molar-refractivity contribution in [2.24, 2.45) is 13.0 Å². The zero-order valence-corrected chi connectivity index (χ0v) is 15.6. The second-order valence-electron chi connectivity index (χ2n) is 7.16. The normalized spacial score (nSPS) is 15.2. The number of benzene rings is 1. The summed E-state index contributed by atoms with van der Waals surface area (Å²) in [5.41, 5.74) is 2.51. The molecule has 0 aliphatic heterocycles. The molecule has 1 atom stereocenters. The molecule has 1 fully saturated rings. The quantitative estimate of drug-likeness (QED) is 0.757. The van der Waals surface area contributed by atoms with E-state index in [9.17, 15) is 4.79 Å². The molecule has 3 aromatic rings. The van der Waals surface area contributed by atoms with Gasteiger partial charge in [-0.1, -0.05) is 0 Å². The van der Waals surface area contributed by atoms with Crippen molar-refractivity contribution in [3.63, 3.8) is 0 Å². The molecule has 1 aromatic carbocycles. The Morgan fingerprint density at radius 1 is 1.31 bits per heavy atom. The van der Waals surface area contributed by atoms with Gasteiger partial charge in [-0.2, -0.15) is 5.10 Å². The van der Waals surface area contributed by atoms with Gasteiger partial charge in [0.25, 0.3) is 5.91 Å². The SMILES string of the molecule is COc1ccc2c(c1)cc(C(=O)Nc1cc(C)nn1C(C)C1CC1)n2C. The first-order valence-electron chi connectivity index (χ1n) is 8.99. The zero-order valence-electron chi connectivity index (χ0n) is 15.6. The van der Waals surface area contributed by atoms with Crippen LogP contribution in [0.4, 0.5) is 5.82 Å². The Kier molecular flexibility index (Phi) is 3.98. The van der Waals surface area contributed by atoms with Crippen molar-refractivity contribution in [2.45, 2.75) is 32.7 Å². The average molecular weight is 352 g/mol. The smallest absolute Gasteiger partial charge is 0.273 e. The highest BCUT2D eigenvalue weighted by atomic mass is 16.5.